The fourth-order valence-electron chi connectivity index (χ4n) is 3.89. The average Bonchev–Trinajstić information content (AvgIpc) is 2.47. The van der Waals surface area contributed by atoms with Gasteiger partial charge in [0.25, 0.3) is 0 Å². The topological polar surface area (TPSA) is 26.7 Å². The second kappa shape index (κ2) is 5.14. The van der Waals surface area contributed by atoms with Crippen LogP contribution in [0, 0.1) is 0 Å². The normalized spacial score (nSPS) is 34.8. The second-order valence-corrected chi connectivity index (χ2v) is 6.64. The third-order valence-electron chi connectivity index (χ3n) is 5.54. The monoisotopic (exact) mass is 272 g/mol. The fourth-order valence-corrected chi connectivity index (χ4v) is 3.89. The smallest absolute Gasteiger partial charge is 0.0957 e. The van der Waals surface area contributed by atoms with E-state index in [9.17, 15) is 5.11 Å². The lowest BCUT2D eigenvalue weighted by Gasteiger charge is -2.49. The van der Waals surface area contributed by atoms with Crippen LogP contribution < -0.4 is 0 Å². The summed E-state index contributed by atoms with van der Waals surface area (Å²) in [7, 11) is 0. The summed E-state index contributed by atoms with van der Waals surface area (Å²) in [6, 6.07) is 9.05. The quantitative estimate of drug-likeness (QED) is 0.911. The Morgan fingerprint density at radius 3 is 2.20 bits per heavy atom. The maximum Gasteiger partial charge on any atom is 0.0957 e. The molecule has 1 aromatic carbocycles. The number of rotatable bonds is 3. The molecular formula is C17H24N2O. The first-order valence-corrected chi connectivity index (χ1v) is 8.05. The summed E-state index contributed by atoms with van der Waals surface area (Å²) in [6.07, 6.45) is 3.72. The van der Waals surface area contributed by atoms with Gasteiger partial charge in [0.1, 0.15) is 0 Å². The van der Waals surface area contributed by atoms with Crippen LogP contribution in [-0.2, 0) is 0 Å². The van der Waals surface area contributed by atoms with Crippen molar-refractivity contribution in [3.8, 4) is 0 Å². The van der Waals surface area contributed by atoms with E-state index in [0.29, 0.717) is 0 Å². The maximum absolute atomic E-state index is 10.7. The average molecular weight is 272 g/mol. The van der Waals surface area contributed by atoms with Crippen molar-refractivity contribution in [3.05, 3.63) is 35.4 Å². The highest BCUT2D eigenvalue weighted by molar-refractivity contribution is 5.28. The molecule has 0 radical (unpaired) electrons. The number of hydrogen-bond acceptors (Lipinski definition) is 3. The molecule has 2 atom stereocenters. The summed E-state index contributed by atoms with van der Waals surface area (Å²) in [5.74, 6) is 0.779. The number of fused-ring (bicyclic) bond motifs is 3. The molecule has 3 nitrogen and oxygen atoms in total. The lowest BCUT2D eigenvalue weighted by molar-refractivity contribution is -0.0470. The summed E-state index contributed by atoms with van der Waals surface area (Å²) >= 11 is 0. The van der Waals surface area contributed by atoms with Crippen molar-refractivity contribution in [2.24, 2.45) is 0 Å². The van der Waals surface area contributed by atoms with Gasteiger partial charge in [0.05, 0.1) is 12.1 Å². The van der Waals surface area contributed by atoms with Gasteiger partial charge in [-0.15, -0.1) is 0 Å². The van der Waals surface area contributed by atoms with E-state index >= 15 is 0 Å². The first kappa shape index (κ1) is 12.8. The molecule has 20 heavy (non-hydrogen) atoms. The standard InChI is InChI=1S/C17H24N2O/c20-17(16-12-18-8-10-19(16)11-9-18)15-6-4-14(5-7-15)13-2-1-3-13/h4-7,13,16-17,20H,1-3,8-12H2. The van der Waals surface area contributed by atoms with Gasteiger partial charge in [-0.1, -0.05) is 30.7 Å². The van der Waals surface area contributed by atoms with Gasteiger partial charge in [0.2, 0.25) is 0 Å². The Hall–Kier alpha value is -0.900. The van der Waals surface area contributed by atoms with Crippen LogP contribution in [0.5, 0.6) is 0 Å². The largest absolute Gasteiger partial charge is 0.387 e. The molecule has 3 aliphatic heterocycles. The highest BCUT2D eigenvalue weighted by atomic mass is 16.3. The van der Waals surface area contributed by atoms with Crippen LogP contribution in [0.4, 0.5) is 0 Å². The third-order valence-corrected chi connectivity index (χ3v) is 5.54. The third kappa shape index (κ3) is 2.18. The van der Waals surface area contributed by atoms with Gasteiger partial charge in [-0.3, -0.25) is 9.80 Å². The lowest BCUT2D eigenvalue weighted by Crippen LogP contribution is -2.62. The number of benzene rings is 1. The summed E-state index contributed by atoms with van der Waals surface area (Å²) in [6.45, 7) is 5.59. The molecule has 3 heterocycles. The van der Waals surface area contributed by atoms with Gasteiger partial charge in [-0.25, -0.2) is 0 Å². The minimum Gasteiger partial charge on any atom is -0.387 e. The van der Waals surface area contributed by atoms with Gasteiger partial charge < -0.3 is 5.11 Å². The zero-order chi connectivity index (χ0) is 13.5. The summed E-state index contributed by atoms with van der Waals surface area (Å²) in [5.41, 5.74) is 2.55. The molecule has 108 valence electrons. The van der Waals surface area contributed by atoms with Crippen LogP contribution in [0.1, 0.15) is 42.4 Å². The van der Waals surface area contributed by atoms with Crippen LogP contribution in [-0.4, -0.2) is 53.7 Å². The molecule has 4 fully saturated rings. The zero-order valence-electron chi connectivity index (χ0n) is 12.0. The lowest BCUT2D eigenvalue weighted by atomic mass is 9.79. The van der Waals surface area contributed by atoms with Gasteiger partial charge in [0, 0.05) is 32.7 Å². The molecule has 4 aliphatic rings. The van der Waals surface area contributed by atoms with E-state index in [0.717, 1.165) is 31.1 Å². The van der Waals surface area contributed by atoms with Crippen molar-refractivity contribution < 1.29 is 5.11 Å². The first-order chi connectivity index (χ1) is 9.81. The maximum atomic E-state index is 10.7. The highest BCUT2D eigenvalue weighted by Gasteiger charge is 2.36. The van der Waals surface area contributed by atoms with E-state index in [1.165, 1.54) is 37.9 Å². The highest BCUT2D eigenvalue weighted by Crippen LogP contribution is 2.37. The Kier molecular flexibility index (Phi) is 3.29. The fraction of sp³-hybridized carbons (Fsp3) is 0.647. The van der Waals surface area contributed by atoms with Crippen molar-refractivity contribution in [2.45, 2.75) is 37.3 Å². The van der Waals surface area contributed by atoms with Crippen molar-refractivity contribution in [3.63, 3.8) is 0 Å². The van der Waals surface area contributed by atoms with E-state index in [1.54, 1.807) is 0 Å². The number of hydrogen-bond donors (Lipinski definition) is 1. The molecule has 0 spiro atoms. The van der Waals surface area contributed by atoms with E-state index in [4.69, 9.17) is 0 Å². The minimum absolute atomic E-state index is 0.284. The van der Waals surface area contributed by atoms with Crippen molar-refractivity contribution in [1.29, 1.82) is 0 Å². The number of aliphatic hydroxyl groups excluding tert-OH is 1. The Balaban J connectivity index is 1.48. The molecule has 1 aliphatic carbocycles. The zero-order valence-corrected chi connectivity index (χ0v) is 12.0. The van der Waals surface area contributed by atoms with Gasteiger partial charge in [-0.05, 0) is 29.9 Å². The van der Waals surface area contributed by atoms with Crippen LogP contribution in [0.2, 0.25) is 0 Å². The number of aliphatic hydroxyl groups is 1. The van der Waals surface area contributed by atoms with Crippen LogP contribution in [0.3, 0.4) is 0 Å². The molecular weight excluding hydrogens is 248 g/mol. The van der Waals surface area contributed by atoms with E-state index < -0.39 is 0 Å². The predicted octanol–water partition coefficient (Wildman–Crippen LogP) is 1.99. The Bertz CT molecular complexity index is 460. The SMILES string of the molecule is OC(c1ccc(C2CCC2)cc1)C1CN2CCN1CC2. The Labute approximate surface area is 121 Å². The van der Waals surface area contributed by atoms with Crippen molar-refractivity contribution in [1.82, 2.24) is 9.80 Å². The van der Waals surface area contributed by atoms with Crippen LogP contribution >= 0.6 is 0 Å². The number of piperazine rings is 3. The summed E-state index contributed by atoms with van der Waals surface area (Å²) in [4.78, 5) is 4.95. The molecule has 5 rings (SSSR count). The van der Waals surface area contributed by atoms with E-state index in [2.05, 4.69) is 34.1 Å². The van der Waals surface area contributed by atoms with Crippen molar-refractivity contribution >= 4 is 0 Å². The molecule has 2 bridgehead atoms. The minimum atomic E-state index is -0.339. The molecule has 3 heteroatoms. The van der Waals surface area contributed by atoms with Gasteiger partial charge in [0.15, 0.2) is 0 Å². The van der Waals surface area contributed by atoms with Crippen LogP contribution in [0.15, 0.2) is 24.3 Å². The van der Waals surface area contributed by atoms with Gasteiger partial charge in [-0.2, -0.15) is 0 Å². The predicted molar refractivity (Wildman–Crippen MR) is 79.8 cm³/mol. The first-order valence-electron chi connectivity index (χ1n) is 8.05. The van der Waals surface area contributed by atoms with Crippen LogP contribution in [0.25, 0.3) is 0 Å². The van der Waals surface area contributed by atoms with Gasteiger partial charge >= 0.3 is 0 Å². The second-order valence-electron chi connectivity index (χ2n) is 6.64. The molecule has 0 aromatic heterocycles. The Morgan fingerprint density at radius 1 is 1.00 bits per heavy atom. The molecule has 1 saturated carbocycles. The summed E-state index contributed by atoms with van der Waals surface area (Å²) in [5, 5.41) is 10.7. The number of nitrogens with zero attached hydrogens (tertiary/aromatic N) is 2. The molecule has 2 unspecified atom stereocenters. The summed E-state index contributed by atoms with van der Waals surface area (Å²) < 4.78 is 0. The Morgan fingerprint density at radius 2 is 1.70 bits per heavy atom. The van der Waals surface area contributed by atoms with E-state index in [1.807, 2.05) is 0 Å². The van der Waals surface area contributed by atoms with E-state index in [-0.39, 0.29) is 12.1 Å². The molecule has 0 amide bonds. The molecule has 1 aromatic rings. The molecule has 1 N–H and O–H groups in total. The molecule has 3 saturated heterocycles. The van der Waals surface area contributed by atoms with Crippen molar-refractivity contribution in [2.75, 3.05) is 32.7 Å².